The third kappa shape index (κ3) is 7.29. The second-order valence-electron chi connectivity index (χ2n) is 8.87. The molecular formula is C27H33N3O5. The summed E-state index contributed by atoms with van der Waals surface area (Å²) in [5.74, 6) is 0.405. The molecule has 1 N–H and O–H groups in total. The zero-order valence-electron chi connectivity index (χ0n) is 20.2. The molecule has 1 unspecified atom stereocenters. The van der Waals surface area contributed by atoms with Gasteiger partial charge in [-0.25, -0.2) is 0 Å². The number of anilines is 1. The van der Waals surface area contributed by atoms with E-state index >= 15 is 0 Å². The Balaban J connectivity index is 1.29. The molecule has 1 fully saturated rings. The predicted molar refractivity (Wildman–Crippen MR) is 134 cm³/mol. The molecule has 0 aromatic heterocycles. The summed E-state index contributed by atoms with van der Waals surface area (Å²) in [5.41, 5.74) is 3.20. The number of benzene rings is 2. The first-order valence-corrected chi connectivity index (χ1v) is 12.3. The monoisotopic (exact) mass is 479 g/mol. The summed E-state index contributed by atoms with van der Waals surface area (Å²) in [6.07, 6.45) is 4.77. The molecule has 2 aromatic rings. The van der Waals surface area contributed by atoms with Gasteiger partial charge in [0, 0.05) is 17.2 Å². The first kappa shape index (κ1) is 24.7. The minimum absolute atomic E-state index is 0.0848. The molecule has 0 bridgehead atoms. The molecule has 0 spiro atoms. The molecule has 2 aliphatic heterocycles. The Morgan fingerprint density at radius 3 is 2.74 bits per heavy atom. The second-order valence-corrected chi connectivity index (χ2v) is 8.87. The van der Waals surface area contributed by atoms with Crippen LogP contribution in [0.4, 0.5) is 5.69 Å². The van der Waals surface area contributed by atoms with Gasteiger partial charge in [0.15, 0.2) is 0 Å². The maximum absolute atomic E-state index is 12.8. The van der Waals surface area contributed by atoms with Crippen molar-refractivity contribution in [1.82, 2.24) is 5.01 Å². The van der Waals surface area contributed by atoms with Crippen LogP contribution in [-0.2, 0) is 20.7 Å². The molecule has 4 rings (SSSR count). The van der Waals surface area contributed by atoms with Crippen LogP contribution in [0.3, 0.4) is 0 Å². The van der Waals surface area contributed by atoms with Gasteiger partial charge >= 0.3 is 5.97 Å². The van der Waals surface area contributed by atoms with Crippen molar-refractivity contribution in [3.05, 3.63) is 59.2 Å². The molecule has 1 saturated heterocycles. The lowest BCUT2D eigenvalue weighted by Crippen LogP contribution is -2.32. The zero-order chi connectivity index (χ0) is 24.5. The summed E-state index contributed by atoms with van der Waals surface area (Å²) in [6, 6.07) is 13.0. The second kappa shape index (κ2) is 12.4. The molecule has 186 valence electrons. The van der Waals surface area contributed by atoms with Gasteiger partial charge in [0.25, 0.3) is 5.91 Å². The molecule has 0 saturated carbocycles. The largest absolute Gasteiger partial charge is 0.493 e. The van der Waals surface area contributed by atoms with E-state index in [-0.39, 0.29) is 17.8 Å². The lowest BCUT2D eigenvalue weighted by atomic mass is 9.93. The third-order valence-corrected chi connectivity index (χ3v) is 6.05. The summed E-state index contributed by atoms with van der Waals surface area (Å²) in [6.45, 7) is 5.96. The van der Waals surface area contributed by atoms with Gasteiger partial charge in [-0.3, -0.25) is 14.6 Å². The van der Waals surface area contributed by atoms with Crippen molar-refractivity contribution in [1.29, 1.82) is 0 Å². The highest BCUT2D eigenvalue weighted by Crippen LogP contribution is 2.30. The maximum atomic E-state index is 12.8. The standard InChI is InChI=1S/C27H33N3O5/c1-2-3-12-34-26(31)16-21-15-22-6-7-23(17-25(22)35-19-21)27(32)29-24-8-4-20(5-9-24)18-28-30-10-13-33-14-11-30/h4-9,17-18,21H,2-3,10-16,19H2,1H3,(H,29,32)/b28-18+. The van der Waals surface area contributed by atoms with Crippen molar-refractivity contribution >= 4 is 23.8 Å². The summed E-state index contributed by atoms with van der Waals surface area (Å²) < 4.78 is 16.5. The smallest absolute Gasteiger partial charge is 0.306 e. The number of esters is 1. The Hall–Kier alpha value is -3.39. The lowest BCUT2D eigenvalue weighted by molar-refractivity contribution is -0.145. The van der Waals surface area contributed by atoms with Crippen molar-refractivity contribution in [3.63, 3.8) is 0 Å². The number of hydrogen-bond donors (Lipinski definition) is 1. The minimum Gasteiger partial charge on any atom is -0.493 e. The normalized spacial score (nSPS) is 17.5. The number of nitrogens with one attached hydrogen (secondary N) is 1. The Labute approximate surface area is 206 Å². The number of fused-ring (bicyclic) bond motifs is 1. The fraction of sp³-hybridized carbons (Fsp3) is 0.444. The van der Waals surface area contributed by atoms with Crippen molar-refractivity contribution in [2.75, 3.05) is 44.8 Å². The lowest BCUT2D eigenvalue weighted by Gasteiger charge is -2.25. The van der Waals surface area contributed by atoms with Crippen LogP contribution in [0.15, 0.2) is 47.6 Å². The van der Waals surface area contributed by atoms with Gasteiger partial charge in [-0.2, -0.15) is 5.10 Å². The molecule has 35 heavy (non-hydrogen) atoms. The van der Waals surface area contributed by atoms with E-state index < -0.39 is 0 Å². The van der Waals surface area contributed by atoms with Crippen LogP contribution in [0, 0.1) is 5.92 Å². The van der Waals surface area contributed by atoms with Crippen LogP contribution < -0.4 is 10.1 Å². The summed E-state index contributed by atoms with van der Waals surface area (Å²) in [4.78, 5) is 24.8. The topological polar surface area (TPSA) is 89.5 Å². The molecule has 8 heteroatoms. The highest BCUT2D eigenvalue weighted by atomic mass is 16.5. The van der Waals surface area contributed by atoms with Gasteiger partial charge < -0.3 is 19.5 Å². The van der Waals surface area contributed by atoms with Crippen molar-refractivity contribution in [2.24, 2.45) is 11.0 Å². The first-order valence-electron chi connectivity index (χ1n) is 12.3. The fourth-order valence-electron chi connectivity index (χ4n) is 4.01. The van der Waals surface area contributed by atoms with Crippen LogP contribution in [0.25, 0.3) is 0 Å². The number of morpholine rings is 1. The SMILES string of the molecule is CCCCOC(=O)CC1COc2cc(C(=O)Nc3ccc(/C=N/N4CCOCC4)cc3)ccc2C1. The van der Waals surface area contributed by atoms with Gasteiger partial charge in [0.05, 0.1) is 52.2 Å². The van der Waals surface area contributed by atoms with Crippen molar-refractivity contribution in [2.45, 2.75) is 32.6 Å². The average Bonchev–Trinajstić information content (AvgIpc) is 2.88. The van der Waals surface area contributed by atoms with Gasteiger partial charge in [0.1, 0.15) is 5.75 Å². The number of nitrogens with zero attached hydrogens (tertiary/aromatic N) is 2. The Morgan fingerprint density at radius 1 is 1.17 bits per heavy atom. The van der Waals surface area contributed by atoms with Gasteiger partial charge in [-0.1, -0.05) is 31.5 Å². The van der Waals surface area contributed by atoms with E-state index in [1.807, 2.05) is 41.6 Å². The predicted octanol–water partition coefficient (Wildman–Crippen LogP) is 3.89. The molecule has 0 aliphatic carbocycles. The maximum Gasteiger partial charge on any atom is 0.306 e. The highest BCUT2D eigenvalue weighted by Gasteiger charge is 2.24. The minimum atomic E-state index is -0.201. The van der Waals surface area contributed by atoms with Gasteiger partial charge in [-0.05, 0) is 48.2 Å². The van der Waals surface area contributed by atoms with Crippen molar-refractivity contribution < 1.29 is 23.8 Å². The fourth-order valence-corrected chi connectivity index (χ4v) is 4.01. The number of carbonyl (C=O) groups is 2. The summed E-state index contributed by atoms with van der Waals surface area (Å²) in [7, 11) is 0. The van der Waals surface area contributed by atoms with Gasteiger partial charge in [-0.15, -0.1) is 0 Å². The Bertz CT molecular complexity index is 1030. The first-order chi connectivity index (χ1) is 17.1. The Kier molecular flexibility index (Phi) is 8.73. The van der Waals surface area contributed by atoms with E-state index in [0.29, 0.717) is 49.8 Å². The molecule has 1 atom stereocenters. The number of rotatable bonds is 9. The van der Waals surface area contributed by atoms with E-state index in [1.54, 1.807) is 12.1 Å². The molecule has 1 amide bonds. The van der Waals surface area contributed by atoms with Crippen LogP contribution in [0.1, 0.15) is 47.7 Å². The van der Waals surface area contributed by atoms with E-state index in [1.165, 1.54) is 0 Å². The number of hydrogen-bond acceptors (Lipinski definition) is 7. The van der Waals surface area contributed by atoms with E-state index in [0.717, 1.165) is 43.5 Å². The number of carbonyl (C=O) groups excluding carboxylic acids is 2. The number of hydrazone groups is 1. The number of ether oxygens (including phenoxy) is 3. The molecule has 0 radical (unpaired) electrons. The Morgan fingerprint density at radius 2 is 1.97 bits per heavy atom. The molecule has 2 aromatic carbocycles. The molecule has 2 heterocycles. The van der Waals surface area contributed by atoms with Crippen LogP contribution in [0.2, 0.25) is 0 Å². The van der Waals surface area contributed by atoms with Crippen molar-refractivity contribution in [3.8, 4) is 5.75 Å². The van der Waals surface area contributed by atoms with Crippen LogP contribution in [0.5, 0.6) is 5.75 Å². The molecule has 8 nitrogen and oxygen atoms in total. The third-order valence-electron chi connectivity index (χ3n) is 6.05. The van der Waals surface area contributed by atoms with Crippen LogP contribution >= 0.6 is 0 Å². The van der Waals surface area contributed by atoms with E-state index in [2.05, 4.69) is 17.3 Å². The molecular weight excluding hydrogens is 446 g/mol. The zero-order valence-corrected chi connectivity index (χ0v) is 20.2. The number of amides is 1. The average molecular weight is 480 g/mol. The summed E-state index contributed by atoms with van der Waals surface area (Å²) in [5, 5.41) is 9.39. The highest BCUT2D eigenvalue weighted by molar-refractivity contribution is 6.04. The quantitative estimate of drug-likeness (QED) is 0.333. The summed E-state index contributed by atoms with van der Waals surface area (Å²) >= 11 is 0. The van der Waals surface area contributed by atoms with Crippen LogP contribution in [-0.4, -0.2) is 62.6 Å². The number of unbranched alkanes of at least 4 members (excludes halogenated alkanes) is 1. The van der Waals surface area contributed by atoms with Gasteiger partial charge in [0.2, 0.25) is 0 Å². The molecule has 2 aliphatic rings. The van der Waals surface area contributed by atoms with E-state index in [9.17, 15) is 9.59 Å². The van der Waals surface area contributed by atoms with E-state index in [4.69, 9.17) is 14.2 Å².